The monoisotopic (exact) mass is 375 g/mol. The van der Waals surface area contributed by atoms with Crippen LogP contribution in [0.2, 0.25) is 0 Å². The maximum Gasteiger partial charge on any atom is 0.336 e. The van der Waals surface area contributed by atoms with Crippen LogP contribution < -0.4 is 19.5 Å². The highest BCUT2D eigenvalue weighted by Crippen LogP contribution is 2.50. The number of carbonyl (C=O) groups is 2. The molecular weight excluding hydrogens is 354 g/mol. The highest BCUT2D eigenvalue weighted by molar-refractivity contribution is 6.00. The second-order valence-electron chi connectivity index (χ2n) is 6.04. The number of allylic oxidation sites excluding steroid dienone is 2. The third-order valence-corrected chi connectivity index (χ3v) is 4.61. The lowest BCUT2D eigenvalue weighted by atomic mass is 9.80. The van der Waals surface area contributed by atoms with Crippen LogP contribution in [0.3, 0.4) is 0 Å². The molecule has 0 unspecified atom stereocenters. The van der Waals surface area contributed by atoms with Crippen molar-refractivity contribution in [2.75, 3.05) is 28.1 Å². The van der Waals surface area contributed by atoms with Gasteiger partial charge in [0.25, 0.3) is 0 Å². The molecule has 2 aliphatic rings. The number of carbonyl (C=O) groups excluding carboxylic acids is 2. The molecule has 27 heavy (non-hydrogen) atoms. The summed E-state index contributed by atoms with van der Waals surface area (Å²) in [4.78, 5) is 25.1. The Morgan fingerprint density at radius 2 is 1.59 bits per heavy atom. The molecule has 0 atom stereocenters. The van der Waals surface area contributed by atoms with Gasteiger partial charge in [-0.2, -0.15) is 0 Å². The van der Waals surface area contributed by atoms with E-state index in [9.17, 15) is 9.59 Å². The molecule has 0 saturated heterocycles. The van der Waals surface area contributed by atoms with Gasteiger partial charge in [0.2, 0.25) is 12.5 Å². The molecule has 2 heterocycles. The Balaban J connectivity index is 2.28. The van der Waals surface area contributed by atoms with E-state index in [4.69, 9.17) is 23.7 Å². The van der Waals surface area contributed by atoms with E-state index >= 15 is 0 Å². The first kappa shape index (κ1) is 18.6. The van der Waals surface area contributed by atoms with E-state index in [0.29, 0.717) is 45.4 Å². The van der Waals surface area contributed by atoms with Crippen molar-refractivity contribution in [3.05, 3.63) is 40.2 Å². The summed E-state index contributed by atoms with van der Waals surface area (Å²) < 4.78 is 26.4. The summed E-state index contributed by atoms with van der Waals surface area (Å²) in [6.45, 7) is 3.56. The molecule has 8 nitrogen and oxygen atoms in total. The van der Waals surface area contributed by atoms with Crippen LogP contribution in [0.5, 0.6) is 17.2 Å². The second kappa shape index (κ2) is 7.22. The van der Waals surface area contributed by atoms with E-state index in [-0.39, 0.29) is 6.79 Å². The van der Waals surface area contributed by atoms with Gasteiger partial charge in [-0.05, 0) is 19.9 Å². The van der Waals surface area contributed by atoms with Gasteiger partial charge in [0, 0.05) is 17.0 Å². The summed E-state index contributed by atoms with van der Waals surface area (Å²) in [7, 11) is 4.07. The normalized spacial score (nSPS) is 16.2. The SMILES string of the molecule is COC(=O)C1=C(C)NC(C)=C(C(=O)OC)C1c1ccc2c(c1OC)OCO2. The number of hydrogen-bond donors (Lipinski definition) is 1. The number of methoxy groups -OCH3 is 3. The molecule has 1 aromatic carbocycles. The number of dihydropyridines is 1. The van der Waals surface area contributed by atoms with Gasteiger partial charge in [0.1, 0.15) is 0 Å². The minimum absolute atomic E-state index is 0.0683. The number of nitrogens with one attached hydrogen (secondary N) is 1. The molecule has 0 saturated carbocycles. The quantitative estimate of drug-likeness (QED) is 0.799. The molecule has 0 fully saturated rings. The largest absolute Gasteiger partial charge is 0.492 e. The van der Waals surface area contributed by atoms with Crippen molar-refractivity contribution in [3.8, 4) is 17.2 Å². The van der Waals surface area contributed by atoms with Crippen LogP contribution in [0, 0.1) is 0 Å². The fourth-order valence-corrected chi connectivity index (χ4v) is 3.47. The molecule has 0 spiro atoms. The molecule has 0 aromatic heterocycles. The van der Waals surface area contributed by atoms with Gasteiger partial charge in [-0.1, -0.05) is 6.07 Å². The van der Waals surface area contributed by atoms with E-state index in [0.717, 1.165) is 0 Å². The molecule has 1 aromatic rings. The number of hydrogen-bond acceptors (Lipinski definition) is 8. The summed E-state index contributed by atoms with van der Waals surface area (Å²) in [5.41, 5.74) is 2.32. The van der Waals surface area contributed by atoms with Crippen molar-refractivity contribution < 1.29 is 33.3 Å². The molecule has 0 aliphatic carbocycles. The van der Waals surface area contributed by atoms with Crippen LogP contribution in [-0.4, -0.2) is 40.1 Å². The zero-order valence-corrected chi connectivity index (χ0v) is 15.8. The third kappa shape index (κ3) is 2.97. The van der Waals surface area contributed by atoms with E-state index in [2.05, 4.69) is 5.32 Å². The summed E-state index contributed by atoms with van der Waals surface area (Å²) in [6, 6.07) is 3.46. The highest BCUT2D eigenvalue weighted by atomic mass is 16.7. The Labute approximate surface area is 156 Å². The van der Waals surface area contributed by atoms with E-state index < -0.39 is 17.9 Å². The van der Waals surface area contributed by atoms with E-state index in [1.807, 2.05) is 0 Å². The third-order valence-electron chi connectivity index (χ3n) is 4.61. The Morgan fingerprint density at radius 1 is 1.00 bits per heavy atom. The zero-order valence-electron chi connectivity index (χ0n) is 15.8. The topological polar surface area (TPSA) is 92.3 Å². The van der Waals surface area contributed by atoms with Crippen LogP contribution in [0.15, 0.2) is 34.7 Å². The molecule has 8 heteroatoms. The van der Waals surface area contributed by atoms with E-state index in [1.54, 1.807) is 26.0 Å². The van der Waals surface area contributed by atoms with Gasteiger partial charge in [-0.25, -0.2) is 9.59 Å². The van der Waals surface area contributed by atoms with Crippen molar-refractivity contribution in [3.63, 3.8) is 0 Å². The zero-order chi connectivity index (χ0) is 19.7. The summed E-state index contributed by atoms with van der Waals surface area (Å²) >= 11 is 0. The molecule has 0 bridgehead atoms. The van der Waals surface area contributed by atoms with Crippen LogP contribution in [0.4, 0.5) is 0 Å². The van der Waals surface area contributed by atoms with Crippen molar-refractivity contribution in [1.82, 2.24) is 5.32 Å². The number of rotatable bonds is 4. The lowest BCUT2D eigenvalue weighted by molar-refractivity contribution is -0.137. The number of esters is 2. The average Bonchev–Trinajstić information content (AvgIpc) is 3.14. The molecule has 3 rings (SSSR count). The first-order valence-electron chi connectivity index (χ1n) is 8.26. The van der Waals surface area contributed by atoms with Crippen LogP contribution in [0.25, 0.3) is 0 Å². The number of fused-ring (bicyclic) bond motifs is 1. The second-order valence-corrected chi connectivity index (χ2v) is 6.04. The molecular formula is C19H21NO7. The van der Waals surface area contributed by atoms with Crippen molar-refractivity contribution in [2.24, 2.45) is 0 Å². The Morgan fingerprint density at radius 3 is 2.11 bits per heavy atom. The van der Waals surface area contributed by atoms with Gasteiger partial charge in [0.05, 0.1) is 38.4 Å². The van der Waals surface area contributed by atoms with Crippen LogP contribution in [0.1, 0.15) is 25.3 Å². The minimum atomic E-state index is -0.754. The first-order chi connectivity index (χ1) is 12.9. The van der Waals surface area contributed by atoms with Crippen molar-refractivity contribution in [2.45, 2.75) is 19.8 Å². The van der Waals surface area contributed by atoms with Crippen LogP contribution in [-0.2, 0) is 19.1 Å². The summed E-state index contributed by atoms with van der Waals surface area (Å²) in [5, 5.41) is 3.06. The van der Waals surface area contributed by atoms with Gasteiger partial charge >= 0.3 is 11.9 Å². The Bertz CT molecular complexity index is 831. The summed E-state index contributed by atoms with van der Waals surface area (Å²) in [6.07, 6.45) is 0. The highest BCUT2D eigenvalue weighted by Gasteiger charge is 2.40. The van der Waals surface area contributed by atoms with Gasteiger partial charge < -0.3 is 29.0 Å². The standard InChI is InChI=1S/C19H21NO7/c1-9-13(18(21)24-4)15(14(10(2)20-9)19(22)25-5)11-6-7-12-17(16(11)23-3)27-8-26-12/h6-7,15,20H,8H2,1-5H3. The first-order valence-corrected chi connectivity index (χ1v) is 8.26. The van der Waals surface area contributed by atoms with Crippen molar-refractivity contribution >= 4 is 11.9 Å². The Kier molecular flexibility index (Phi) is 4.98. The lowest BCUT2D eigenvalue weighted by Gasteiger charge is -2.30. The van der Waals surface area contributed by atoms with Crippen LogP contribution >= 0.6 is 0 Å². The summed E-state index contributed by atoms with van der Waals surface area (Å²) in [5.74, 6) is -0.518. The predicted molar refractivity (Wildman–Crippen MR) is 94.4 cm³/mol. The minimum Gasteiger partial charge on any atom is -0.492 e. The van der Waals surface area contributed by atoms with Gasteiger partial charge in [0.15, 0.2) is 11.5 Å². The maximum absolute atomic E-state index is 12.6. The number of benzene rings is 1. The predicted octanol–water partition coefficient (Wildman–Crippen LogP) is 2.00. The molecule has 0 amide bonds. The maximum atomic E-state index is 12.6. The van der Waals surface area contributed by atoms with Crippen molar-refractivity contribution in [1.29, 1.82) is 0 Å². The molecule has 1 N–H and O–H groups in total. The molecule has 0 radical (unpaired) electrons. The Hall–Kier alpha value is -3.16. The number of ether oxygens (including phenoxy) is 5. The fourth-order valence-electron chi connectivity index (χ4n) is 3.47. The smallest absolute Gasteiger partial charge is 0.336 e. The van der Waals surface area contributed by atoms with Gasteiger partial charge in [-0.15, -0.1) is 0 Å². The molecule has 2 aliphatic heterocycles. The van der Waals surface area contributed by atoms with E-state index in [1.165, 1.54) is 21.3 Å². The molecule has 144 valence electrons. The fraction of sp³-hybridized carbons (Fsp3) is 0.368. The van der Waals surface area contributed by atoms with Gasteiger partial charge in [-0.3, -0.25) is 0 Å². The average molecular weight is 375 g/mol. The lowest BCUT2D eigenvalue weighted by Crippen LogP contribution is -2.32.